The van der Waals surface area contributed by atoms with E-state index in [0.717, 1.165) is 5.00 Å². The third-order valence-electron chi connectivity index (χ3n) is 1.17. The van der Waals surface area contributed by atoms with E-state index in [-0.39, 0.29) is 0 Å². The van der Waals surface area contributed by atoms with Crippen LogP contribution in [-0.4, -0.2) is 25.3 Å². The molecule has 0 unspecified atom stereocenters. The second-order valence-electron chi connectivity index (χ2n) is 2.46. The molecule has 12 heavy (non-hydrogen) atoms. The zero-order chi connectivity index (χ0) is 8.97. The molecule has 0 radical (unpaired) electrons. The van der Waals surface area contributed by atoms with Gasteiger partial charge in [-0.3, -0.25) is 0 Å². The highest BCUT2D eigenvalue weighted by Crippen LogP contribution is 2.24. The monoisotopic (exact) mass is 179 g/mol. The third kappa shape index (κ3) is 2.07. The number of rotatable bonds is 2. The van der Waals surface area contributed by atoms with Crippen molar-refractivity contribution in [3.63, 3.8) is 0 Å². The van der Waals surface area contributed by atoms with Crippen molar-refractivity contribution in [2.24, 2.45) is 4.99 Å². The Labute approximate surface area is 75.6 Å². The molecule has 1 rings (SSSR count). The van der Waals surface area contributed by atoms with Crippen molar-refractivity contribution in [2.45, 2.75) is 0 Å². The minimum atomic E-state index is 0.637. The van der Waals surface area contributed by atoms with Crippen LogP contribution >= 0.6 is 11.3 Å². The number of thiophene rings is 1. The first kappa shape index (κ1) is 8.75. The molecule has 1 aromatic heterocycles. The molecule has 1 heterocycles. The molecule has 4 heteroatoms. The molecule has 0 saturated heterocycles. The van der Waals surface area contributed by atoms with E-state index < -0.39 is 0 Å². The van der Waals surface area contributed by atoms with Crippen molar-refractivity contribution in [3.8, 4) is 6.07 Å². The summed E-state index contributed by atoms with van der Waals surface area (Å²) in [6.45, 7) is 0. The Morgan fingerprint density at radius 2 is 2.42 bits per heavy atom. The van der Waals surface area contributed by atoms with Crippen molar-refractivity contribution >= 4 is 22.7 Å². The van der Waals surface area contributed by atoms with Gasteiger partial charge in [-0.1, -0.05) is 0 Å². The number of hydrogen-bond donors (Lipinski definition) is 0. The van der Waals surface area contributed by atoms with Crippen molar-refractivity contribution in [2.75, 3.05) is 14.1 Å². The van der Waals surface area contributed by atoms with E-state index in [9.17, 15) is 0 Å². The molecule has 0 saturated carbocycles. The van der Waals surface area contributed by atoms with E-state index in [1.807, 2.05) is 24.4 Å². The second kappa shape index (κ2) is 3.88. The van der Waals surface area contributed by atoms with E-state index >= 15 is 0 Å². The Morgan fingerprint density at radius 3 is 3.00 bits per heavy atom. The Balaban J connectivity index is 2.83. The molecule has 0 aliphatic carbocycles. The molecule has 0 fully saturated rings. The van der Waals surface area contributed by atoms with Crippen molar-refractivity contribution in [1.82, 2.24) is 4.90 Å². The predicted octanol–water partition coefficient (Wildman–Crippen LogP) is 1.84. The zero-order valence-corrected chi connectivity index (χ0v) is 7.80. The largest absolute Gasteiger partial charge is 0.369 e. The Hall–Kier alpha value is -1.34. The van der Waals surface area contributed by atoms with Crippen LogP contribution in [0.5, 0.6) is 0 Å². The van der Waals surface area contributed by atoms with Gasteiger partial charge in [0.2, 0.25) is 0 Å². The standard InChI is InChI=1S/C8H9N3S/c1-11(2)6-10-8-7(5-9)3-4-12-8/h3-4,6H,1-2H3/b10-6+. The van der Waals surface area contributed by atoms with Crippen LogP contribution in [0.1, 0.15) is 5.56 Å². The van der Waals surface area contributed by atoms with Crippen molar-refractivity contribution in [1.29, 1.82) is 5.26 Å². The summed E-state index contributed by atoms with van der Waals surface area (Å²) in [5.74, 6) is 0. The van der Waals surface area contributed by atoms with Crippen LogP contribution in [-0.2, 0) is 0 Å². The van der Waals surface area contributed by atoms with E-state index in [1.165, 1.54) is 11.3 Å². The normalized spacial score (nSPS) is 10.1. The quantitative estimate of drug-likeness (QED) is 0.513. The van der Waals surface area contributed by atoms with Gasteiger partial charge in [-0.2, -0.15) is 5.26 Å². The summed E-state index contributed by atoms with van der Waals surface area (Å²) in [6, 6.07) is 3.85. The molecule has 1 aromatic rings. The maximum absolute atomic E-state index is 8.64. The summed E-state index contributed by atoms with van der Waals surface area (Å²) >= 11 is 1.47. The fraction of sp³-hybridized carbons (Fsp3) is 0.250. The van der Waals surface area contributed by atoms with Crippen LogP contribution in [0, 0.1) is 11.3 Å². The summed E-state index contributed by atoms with van der Waals surface area (Å²) in [5, 5.41) is 11.3. The lowest BCUT2D eigenvalue weighted by atomic mass is 10.4. The fourth-order valence-corrected chi connectivity index (χ4v) is 1.34. The topological polar surface area (TPSA) is 39.4 Å². The highest BCUT2D eigenvalue weighted by atomic mass is 32.1. The third-order valence-corrected chi connectivity index (χ3v) is 1.99. The summed E-state index contributed by atoms with van der Waals surface area (Å²) in [7, 11) is 3.78. The fourth-order valence-electron chi connectivity index (χ4n) is 0.654. The molecule has 0 aromatic carbocycles. The molecule has 0 bridgehead atoms. The molecule has 0 aliphatic heterocycles. The van der Waals surface area contributed by atoms with E-state index in [2.05, 4.69) is 11.1 Å². The number of nitriles is 1. The molecule has 0 N–H and O–H groups in total. The van der Waals surface area contributed by atoms with Crippen LogP contribution < -0.4 is 0 Å². The molecule has 0 spiro atoms. The van der Waals surface area contributed by atoms with Gasteiger partial charge in [-0.05, 0) is 11.4 Å². The van der Waals surface area contributed by atoms with Gasteiger partial charge in [0.1, 0.15) is 11.1 Å². The molecular weight excluding hydrogens is 170 g/mol. The maximum Gasteiger partial charge on any atom is 0.135 e. The van der Waals surface area contributed by atoms with Gasteiger partial charge in [-0.25, -0.2) is 4.99 Å². The second-order valence-corrected chi connectivity index (χ2v) is 3.35. The minimum Gasteiger partial charge on any atom is -0.369 e. The molecule has 3 nitrogen and oxygen atoms in total. The Bertz CT molecular complexity index is 319. The Morgan fingerprint density at radius 1 is 1.67 bits per heavy atom. The van der Waals surface area contributed by atoms with Gasteiger partial charge >= 0.3 is 0 Å². The van der Waals surface area contributed by atoms with Gasteiger partial charge < -0.3 is 4.90 Å². The first-order chi connectivity index (χ1) is 5.74. The van der Waals surface area contributed by atoms with Crippen LogP contribution in [0.3, 0.4) is 0 Å². The molecule has 0 atom stereocenters. The summed E-state index contributed by atoms with van der Waals surface area (Å²) in [4.78, 5) is 5.97. The van der Waals surface area contributed by atoms with Crippen molar-refractivity contribution in [3.05, 3.63) is 17.0 Å². The lowest BCUT2D eigenvalue weighted by Crippen LogP contribution is -2.06. The number of hydrogen-bond acceptors (Lipinski definition) is 3. The Kier molecular flexibility index (Phi) is 2.83. The lowest BCUT2D eigenvalue weighted by Gasteiger charge is -2.00. The van der Waals surface area contributed by atoms with E-state index in [0.29, 0.717) is 5.56 Å². The average Bonchev–Trinajstić information content (AvgIpc) is 2.47. The summed E-state index contributed by atoms with van der Waals surface area (Å²) < 4.78 is 0. The van der Waals surface area contributed by atoms with Gasteiger partial charge in [0.05, 0.1) is 11.9 Å². The average molecular weight is 179 g/mol. The first-order valence-electron chi connectivity index (χ1n) is 3.42. The van der Waals surface area contributed by atoms with Crippen LogP contribution in [0.25, 0.3) is 0 Å². The summed E-state index contributed by atoms with van der Waals surface area (Å²) in [6.07, 6.45) is 1.69. The van der Waals surface area contributed by atoms with E-state index in [1.54, 1.807) is 12.4 Å². The van der Waals surface area contributed by atoms with Gasteiger partial charge in [0.15, 0.2) is 0 Å². The zero-order valence-electron chi connectivity index (χ0n) is 6.98. The van der Waals surface area contributed by atoms with Gasteiger partial charge in [0.25, 0.3) is 0 Å². The van der Waals surface area contributed by atoms with Crippen LogP contribution in [0.15, 0.2) is 16.4 Å². The van der Waals surface area contributed by atoms with Crippen LogP contribution in [0.2, 0.25) is 0 Å². The molecule has 62 valence electrons. The maximum atomic E-state index is 8.64. The molecule has 0 aliphatic rings. The molecule has 0 amide bonds. The first-order valence-corrected chi connectivity index (χ1v) is 4.30. The van der Waals surface area contributed by atoms with E-state index in [4.69, 9.17) is 5.26 Å². The van der Waals surface area contributed by atoms with Gasteiger partial charge in [-0.15, -0.1) is 11.3 Å². The lowest BCUT2D eigenvalue weighted by molar-refractivity contribution is 0.643. The summed E-state index contributed by atoms with van der Waals surface area (Å²) in [5.41, 5.74) is 0.637. The number of nitrogens with zero attached hydrogens (tertiary/aromatic N) is 3. The molecular formula is C8H9N3S. The van der Waals surface area contributed by atoms with Crippen molar-refractivity contribution < 1.29 is 0 Å². The van der Waals surface area contributed by atoms with Crippen LogP contribution in [0.4, 0.5) is 5.00 Å². The minimum absolute atomic E-state index is 0.637. The highest BCUT2D eigenvalue weighted by Gasteiger charge is 1.99. The predicted molar refractivity (Wildman–Crippen MR) is 50.9 cm³/mol. The SMILES string of the molecule is CN(C)/C=N/c1sccc1C#N. The highest BCUT2D eigenvalue weighted by molar-refractivity contribution is 7.14. The van der Waals surface area contributed by atoms with Gasteiger partial charge in [0, 0.05) is 14.1 Å². The smallest absolute Gasteiger partial charge is 0.135 e. The number of aliphatic imine (C=N–C) groups is 1.